The van der Waals surface area contributed by atoms with Crippen molar-refractivity contribution in [3.63, 3.8) is 0 Å². The van der Waals surface area contributed by atoms with Crippen molar-refractivity contribution in [2.45, 2.75) is 38.6 Å². The third-order valence-electron chi connectivity index (χ3n) is 2.92. The number of hydrogen-bond acceptors (Lipinski definition) is 4. The van der Waals surface area contributed by atoms with E-state index in [0.717, 1.165) is 24.8 Å². The standard InChI is InChI=1S/C14H18ClN3O/c1-2-3-7-12(16)14-17-13(18-19-14)9-10-5-4-6-11(15)8-10/h4-6,8,12H,2-3,7,9,16H2,1H3. The molecule has 1 aromatic heterocycles. The van der Waals surface area contributed by atoms with E-state index in [9.17, 15) is 0 Å². The number of rotatable bonds is 6. The molecule has 2 rings (SSSR count). The van der Waals surface area contributed by atoms with Crippen LogP contribution in [0.25, 0.3) is 0 Å². The lowest BCUT2D eigenvalue weighted by Gasteiger charge is -2.03. The molecule has 0 aliphatic heterocycles. The summed E-state index contributed by atoms with van der Waals surface area (Å²) in [5.41, 5.74) is 7.05. The second-order valence-electron chi connectivity index (χ2n) is 4.60. The molecule has 1 aromatic carbocycles. The molecule has 0 aliphatic carbocycles. The molecule has 0 aliphatic rings. The monoisotopic (exact) mass is 279 g/mol. The third-order valence-corrected chi connectivity index (χ3v) is 3.16. The third kappa shape index (κ3) is 4.04. The molecular formula is C14H18ClN3O. The number of benzene rings is 1. The fourth-order valence-electron chi connectivity index (χ4n) is 1.87. The number of aromatic nitrogens is 2. The summed E-state index contributed by atoms with van der Waals surface area (Å²) in [5.74, 6) is 1.16. The van der Waals surface area contributed by atoms with Gasteiger partial charge in [-0.05, 0) is 24.1 Å². The summed E-state index contributed by atoms with van der Waals surface area (Å²) in [6.45, 7) is 2.13. The lowest BCUT2D eigenvalue weighted by atomic mass is 10.1. The van der Waals surface area contributed by atoms with Gasteiger partial charge in [0.25, 0.3) is 0 Å². The van der Waals surface area contributed by atoms with Gasteiger partial charge >= 0.3 is 0 Å². The minimum atomic E-state index is -0.166. The van der Waals surface area contributed by atoms with Gasteiger partial charge in [-0.2, -0.15) is 4.98 Å². The van der Waals surface area contributed by atoms with Gasteiger partial charge in [0.15, 0.2) is 5.82 Å². The van der Waals surface area contributed by atoms with Crippen molar-refractivity contribution in [1.29, 1.82) is 0 Å². The molecule has 1 heterocycles. The molecule has 0 amide bonds. The van der Waals surface area contributed by atoms with Crippen LogP contribution in [0.4, 0.5) is 0 Å². The maximum Gasteiger partial charge on any atom is 0.243 e. The first-order valence-electron chi connectivity index (χ1n) is 6.51. The van der Waals surface area contributed by atoms with E-state index < -0.39 is 0 Å². The molecule has 0 saturated carbocycles. The molecule has 0 saturated heterocycles. The lowest BCUT2D eigenvalue weighted by molar-refractivity contribution is 0.343. The Morgan fingerprint density at radius 1 is 1.42 bits per heavy atom. The number of halogens is 1. The first-order valence-corrected chi connectivity index (χ1v) is 6.89. The average Bonchev–Trinajstić information content (AvgIpc) is 2.84. The van der Waals surface area contributed by atoms with E-state index in [1.54, 1.807) is 0 Å². The van der Waals surface area contributed by atoms with Crippen LogP contribution in [-0.4, -0.2) is 10.1 Å². The van der Waals surface area contributed by atoms with Crippen LogP contribution in [0.1, 0.15) is 49.5 Å². The van der Waals surface area contributed by atoms with Gasteiger partial charge in [0.05, 0.1) is 6.04 Å². The summed E-state index contributed by atoms with van der Waals surface area (Å²) in [4.78, 5) is 4.34. The molecular weight excluding hydrogens is 262 g/mol. The Balaban J connectivity index is 2.01. The summed E-state index contributed by atoms with van der Waals surface area (Å²) in [5, 5.41) is 4.67. The summed E-state index contributed by atoms with van der Waals surface area (Å²) >= 11 is 5.94. The van der Waals surface area contributed by atoms with E-state index in [2.05, 4.69) is 17.1 Å². The number of hydrogen-bond donors (Lipinski definition) is 1. The highest BCUT2D eigenvalue weighted by Gasteiger charge is 2.14. The van der Waals surface area contributed by atoms with Gasteiger partial charge in [-0.15, -0.1) is 0 Å². The van der Waals surface area contributed by atoms with Gasteiger partial charge < -0.3 is 10.3 Å². The van der Waals surface area contributed by atoms with Crippen LogP contribution in [0.5, 0.6) is 0 Å². The topological polar surface area (TPSA) is 64.9 Å². The van der Waals surface area contributed by atoms with Crippen LogP contribution in [0.2, 0.25) is 5.02 Å². The van der Waals surface area contributed by atoms with E-state index in [1.807, 2.05) is 24.3 Å². The van der Waals surface area contributed by atoms with Gasteiger partial charge in [0.2, 0.25) is 5.89 Å². The minimum absolute atomic E-state index is 0.166. The Labute approximate surface area is 118 Å². The maximum atomic E-state index is 5.99. The second kappa shape index (κ2) is 6.68. The summed E-state index contributed by atoms with van der Waals surface area (Å²) in [6, 6.07) is 7.47. The highest BCUT2D eigenvalue weighted by Crippen LogP contribution is 2.17. The van der Waals surface area contributed by atoms with E-state index in [0.29, 0.717) is 23.2 Å². The Morgan fingerprint density at radius 3 is 3.00 bits per heavy atom. The van der Waals surface area contributed by atoms with Gasteiger partial charge in [0, 0.05) is 11.4 Å². The first-order chi connectivity index (χ1) is 9.19. The van der Waals surface area contributed by atoms with Crippen LogP contribution < -0.4 is 5.73 Å². The zero-order valence-corrected chi connectivity index (χ0v) is 11.7. The van der Waals surface area contributed by atoms with Crippen molar-refractivity contribution >= 4 is 11.6 Å². The Morgan fingerprint density at radius 2 is 2.26 bits per heavy atom. The van der Waals surface area contributed by atoms with E-state index >= 15 is 0 Å². The van der Waals surface area contributed by atoms with Crippen molar-refractivity contribution in [3.8, 4) is 0 Å². The molecule has 0 fully saturated rings. The molecule has 0 radical (unpaired) electrons. The first kappa shape index (κ1) is 14.0. The van der Waals surface area contributed by atoms with E-state index in [1.165, 1.54) is 0 Å². The van der Waals surface area contributed by atoms with Crippen LogP contribution in [0.15, 0.2) is 28.8 Å². The summed E-state index contributed by atoms with van der Waals surface area (Å²) in [6.07, 6.45) is 3.64. The molecule has 19 heavy (non-hydrogen) atoms. The molecule has 0 spiro atoms. The highest BCUT2D eigenvalue weighted by molar-refractivity contribution is 6.30. The molecule has 4 nitrogen and oxygen atoms in total. The van der Waals surface area contributed by atoms with Crippen molar-refractivity contribution < 1.29 is 4.52 Å². The van der Waals surface area contributed by atoms with Crippen LogP contribution >= 0.6 is 11.6 Å². The predicted molar refractivity (Wildman–Crippen MR) is 75.0 cm³/mol. The van der Waals surface area contributed by atoms with Crippen LogP contribution in [0, 0.1) is 0 Å². The summed E-state index contributed by atoms with van der Waals surface area (Å²) < 4.78 is 5.21. The van der Waals surface area contributed by atoms with Crippen LogP contribution in [0.3, 0.4) is 0 Å². The van der Waals surface area contributed by atoms with Crippen molar-refractivity contribution in [2.24, 2.45) is 5.73 Å². The number of nitrogens with two attached hydrogens (primary N) is 1. The average molecular weight is 280 g/mol. The molecule has 0 bridgehead atoms. The second-order valence-corrected chi connectivity index (χ2v) is 5.04. The fraction of sp³-hybridized carbons (Fsp3) is 0.429. The zero-order valence-electron chi connectivity index (χ0n) is 11.0. The fourth-order valence-corrected chi connectivity index (χ4v) is 2.08. The number of unbranched alkanes of at least 4 members (excludes halogenated alkanes) is 1. The molecule has 5 heteroatoms. The van der Waals surface area contributed by atoms with Gasteiger partial charge in [0.1, 0.15) is 0 Å². The van der Waals surface area contributed by atoms with Gasteiger partial charge in [-0.25, -0.2) is 0 Å². The van der Waals surface area contributed by atoms with Crippen molar-refractivity contribution in [2.75, 3.05) is 0 Å². The molecule has 1 atom stereocenters. The van der Waals surface area contributed by atoms with Gasteiger partial charge in [-0.3, -0.25) is 0 Å². The normalized spacial score (nSPS) is 12.6. The lowest BCUT2D eigenvalue weighted by Crippen LogP contribution is -2.10. The number of nitrogens with zero attached hydrogens (tertiary/aromatic N) is 2. The molecule has 2 aromatic rings. The molecule has 102 valence electrons. The Bertz CT molecular complexity index is 527. The summed E-state index contributed by atoms with van der Waals surface area (Å²) in [7, 11) is 0. The molecule has 2 N–H and O–H groups in total. The van der Waals surface area contributed by atoms with E-state index in [-0.39, 0.29) is 6.04 Å². The van der Waals surface area contributed by atoms with Gasteiger partial charge in [-0.1, -0.05) is 48.7 Å². The minimum Gasteiger partial charge on any atom is -0.338 e. The molecule has 1 unspecified atom stereocenters. The predicted octanol–water partition coefficient (Wildman–Crippen LogP) is 3.50. The van der Waals surface area contributed by atoms with Crippen molar-refractivity contribution in [3.05, 3.63) is 46.6 Å². The SMILES string of the molecule is CCCCC(N)c1nc(Cc2cccc(Cl)c2)no1. The van der Waals surface area contributed by atoms with Crippen LogP contribution in [-0.2, 0) is 6.42 Å². The zero-order chi connectivity index (χ0) is 13.7. The largest absolute Gasteiger partial charge is 0.338 e. The van der Waals surface area contributed by atoms with Crippen molar-refractivity contribution in [1.82, 2.24) is 10.1 Å². The maximum absolute atomic E-state index is 5.99. The van der Waals surface area contributed by atoms with E-state index in [4.69, 9.17) is 21.9 Å². The quantitative estimate of drug-likeness (QED) is 0.879. The Hall–Kier alpha value is -1.39. The highest BCUT2D eigenvalue weighted by atomic mass is 35.5. The Kier molecular flexibility index (Phi) is 4.93. The smallest absolute Gasteiger partial charge is 0.243 e.